The van der Waals surface area contributed by atoms with Gasteiger partial charge in [-0.05, 0) is 13.8 Å². The van der Waals surface area contributed by atoms with Gasteiger partial charge >= 0.3 is 0 Å². The van der Waals surface area contributed by atoms with E-state index in [0.717, 1.165) is 22.2 Å². The predicted molar refractivity (Wildman–Crippen MR) is 76.2 cm³/mol. The molecular weight excluding hydrogens is 283 g/mol. The standard InChI is InChI=1S/C13H10Cl2N4/c1-7-11(14)8(2)19(18-7)13-10-6-4-3-5-9(10)12(15)16-17-13/h3-6H,1-2H3. The SMILES string of the molecule is Cc1nn(-c2nnc(Cl)c3ccccc23)c(C)c1Cl. The van der Waals surface area contributed by atoms with E-state index in [1.807, 2.05) is 38.1 Å². The number of benzene rings is 1. The van der Waals surface area contributed by atoms with E-state index < -0.39 is 0 Å². The van der Waals surface area contributed by atoms with Crippen molar-refractivity contribution in [1.82, 2.24) is 20.0 Å². The number of halogens is 2. The Hall–Kier alpha value is -1.65. The highest BCUT2D eigenvalue weighted by atomic mass is 35.5. The summed E-state index contributed by atoms with van der Waals surface area (Å²) in [5.41, 5.74) is 1.60. The molecule has 0 aliphatic carbocycles. The van der Waals surface area contributed by atoms with Gasteiger partial charge in [-0.15, -0.1) is 10.2 Å². The van der Waals surface area contributed by atoms with Crippen molar-refractivity contribution in [2.45, 2.75) is 13.8 Å². The van der Waals surface area contributed by atoms with Crippen LogP contribution in [0.2, 0.25) is 10.2 Å². The van der Waals surface area contributed by atoms with Crippen LogP contribution in [0, 0.1) is 13.8 Å². The van der Waals surface area contributed by atoms with Gasteiger partial charge in [0.15, 0.2) is 11.0 Å². The lowest BCUT2D eigenvalue weighted by Gasteiger charge is -2.07. The first-order valence-corrected chi connectivity index (χ1v) is 6.48. The molecule has 0 radical (unpaired) electrons. The highest BCUT2D eigenvalue weighted by Crippen LogP contribution is 2.28. The molecule has 0 atom stereocenters. The van der Waals surface area contributed by atoms with Crippen LogP contribution in [0.4, 0.5) is 0 Å². The Balaban J connectivity index is 2.37. The van der Waals surface area contributed by atoms with E-state index in [4.69, 9.17) is 23.2 Å². The fraction of sp³-hybridized carbons (Fsp3) is 0.154. The van der Waals surface area contributed by atoms with Crippen molar-refractivity contribution < 1.29 is 0 Å². The lowest BCUT2D eigenvalue weighted by molar-refractivity contribution is 0.791. The van der Waals surface area contributed by atoms with Crippen LogP contribution >= 0.6 is 23.2 Å². The zero-order chi connectivity index (χ0) is 13.6. The summed E-state index contributed by atoms with van der Waals surface area (Å²) in [6.07, 6.45) is 0. The summed E-state index contributed by atoms with van der Waals surface area (Å²) in [4.78, 5) is 0. The van der Waals surface area contributed by atoms with Gasteiger partial charge in [0.1, 0.15) is 0 Å². The number of aryl methyl sites for hydroxylation is 1. The van der Waals surface area contributed by atoms with Gasteiger partial charge in [0.2, 0.25) is 0 Å². The number of rotatable bonds is 1. The molecule has 0 aliphatic rings. The van der Waals surface area contributed by atoms with Crippen LogP contribution < -0.4 is 0 Å². The van der Waals surface area contributed by atoms with E-state index in [1.54, 1.807) is 4.68 Å². The topological polar surface area (TPSA) is 43.6 Å². The maximum absolute atomic E-state index is 6.17. The van der Waals surface area contributed by atoms with Crippen LogP contribution in [0.5, 0.6) is 0 Å². The van der Waals surface area contributed by atoms with Gasteiger partial charge in [-0.1, -0.05) is 47.5 Å². The van der Waals surface area contributed by atoms with Crippen LogP contribution in [-0.2, 0) is 0 Å². The minimum absolute atomic E-state index is 0.381. The second kappa shape index (κ2) is 4.47. The van der Waals surface area contributed by atoms with Crippen LogP contribution in [0.15, 0.2) is 24.3 Å². The van der Waals surface area contributed by atoms with Gasteiger partial charge in [-0.25, -0.2) is 4.68 Å². The van der Waals surface area contributed by atoms with Gasteiger partial charge in [0.05, 0.1) is 16.4 Å². The fourth-order valence-electron chi connectivity index (χ4n) is 2.04. The molecule has 19 heavy (non-hydrogen) atoms. The van der Waals surface area contributed by atoms with Gasteiger partial charge in [0, 0.05) is 10.8 Å². The molecule has 1 aromatic carbocycles. The molecule has 96 valence electrons. The van der Waals surface area contributed by atoms with E-state index in [-0.39, 0.29) is 0 Å². The Morgan fingerprint density at radius 2 is 1.68 bits per heavy atom. The number of hydrogen-bond donors (Lipinski definition) is 0. The molecule has 0 unspecified atom stereocenters. The summed E-state index contributed by atoms with van der Waals surface area (Å²) < 4.78 is 1.70. The van der Waals surface area contributed by atoms with Crippen molar-refractivity contribution in [3.8, 4) is 5.82 Å². The predicted octanol–water partition coefficient (Wildman–Crippen LogP) is 3.74. The normalized spacial score (nSPS) is 11.2. The molecule has 0 aliphatic heterocycles. The zero-order valence-electron chi connectivity index (χ0n) is 10.4. The zero-order valence-corrected chi connectivity index (χ0v) is 11.9. The Morgan fingerprint density at radius 3 is 2.32 bits per heavy atom. The largest absolute Gasteiger partial charge is 0.216 e. The molecule has 0 bridgehead atoms. The summed E-state index contributed by atoms with van der Waals surface area (Å²) in [5.74, 6) is 0.632. The van der Waals surface area contributed by atoms with Crippen molar-refractivity contribution in [3.63, 3.8) is 0 Å². The van der Waals surface area contributed by atoms with E-state index in [9.17, 15) is 0 Å². The number of aromatic nitrogens is 4. The van der Waals surface area contributed by atoms with E-state index in [1.165, 1.54) is 0 Å². The average Bonchev–Trinajstić information content (AvgIpc) is 2.67. The molecule has 2 aromatic heterocycles. The van der Waals surface area contributed by atoms with Crippen LogP contribution in [-0.4, -0.2) is 20.0 Å². The number of fused-ring (bicyclic) bond motifs is 1. The molecular formula is C13H10Cl2N4. The molecule has 4 nitrogen and oxygen atoms in total. The molecule has 0 amide bonds. The Morgan fingerprint density at radius 1 is 1.00 bits per heavy atom. The van der Waals surface area contributed by atoms with E-state index >= 15 is 0 Å². The number of hydrogen-bond acceptors (Lipinski definition) is 3. The first-order valence-electron chi connectivity index (χ1n) is 5.72. The summed E-state index contributed by atoms with van der Waals surface area (Å²) in [5, 5.41) is 15.3. The monoisotopic (exact) mass is 292 g/mol. The summed E-state index contributed by atoms with van der Waals surface area (Å²) in [7, 11) is 0. The third-order valence-corrected chi connectivity index (χ3v) is 3.85. The smallest absolute Gasteiger partial charge is 0.183 e. The molecule has 0 fully saturated rings. The van der Waals surface area contributed by atoms with Gasteiger partial charge in [-0.3, -0.25) is 0 Å². The molecule has 0 N–H and O–H groups in total. The highest BCUT2D eigenvalue weighted by Gasteiger charge is 2.15. The minimum Gasteiger partial charge on any atom is -0.216 e. The Bertz CT molecular complexity index is 780. The van der Waals surface area contributed by atoms with Crippen LogP contribution in [0.1, 0.15) is 11.4 Å². The first kappa shape index (κ1) is 12.4. The first-order chi connectivity index (χ1) is 9.09. The third kappa shape index (κ3) is 1.88. The summed E-state index contributed by atoms with van der Waals surface area (Å²) in [6.45, 7) is 3.75. The van der Waals surface area contributed by atoms with Crippen molar-refractivity contribution in [1.29, 1.82) is 0 Å². The highest BCUT2D eigenvalue weighted by molar-refractivity contribution is 6.34. The van der Waals surface area contributed by atoms with Crippen molar-refractivity contribution in [2.75, 3.05) is 0 Å². The fourth-order valence-corrected chi connectivity index (χ4v) is 2.36. The summed E-state index contributed by atoms with van der Waals surface area (Å²) in [6, 6.07) is 7.68. The van der Waals surface area contributed by atoms with Crippen LogP contribution in [0.25, 0.3) is 16.6 Å². The molecule has 3 aromatic rings. The third-order valence-electron chi connectivity index (χ3n) is 3.03. The lowest BCUT2D eigenvalue weighted by atomic mass is 10.2. The molecule has 2 heterocycles. The van der Waals surface area contributed by atoms with Gasteiger partial charge in [0.25, 0.3) is 0 Å². The second-order valence-corrected chi connectivity index (χ2v) is 4.99. The quantitative estimate of drug-likeness (QED) is 0.686. The lowest BCUT2D eigenvalue weighted by Crippen LogP contribution is -2.04. The molecule has 0 saturated carbocycles. The Kier molecular flexibility index (Phi) is 2.92. The maximum atomic E-state index is 6.17. The number of nitrogens with zero attached hydrogens (tertiary/aromatic N) is 4. The van der Waals surface area contributed by atoms with Gasteiger partial charge < -0.3 is 0 Å². The second-order valence-electron chi connectivity index (χ2n) is 4.26. The maximum Gasteiger partial charge on any atom is 0.183 e. The van der Waals surface area contributed by atoms with Crippen molar-refractivity contribution >= 4 is 34.0 Å². The van der Waals surface area contributed by atoms with Gasteiger partial charge in [-0.2, -0.15) is 5.10 Å². The molecule has 0 spiro atoms. The molecule has 0 saturated heterocycles. The van der Waals surface area contributed by atoms with Crippen molar-refractivity contribution in [3.05, 3.63) is 45.8 Å². The Labute approximate surface area is 120 Å². The van der Waals surface area contributed by atoms with E-state index in [2.05, 4.69) is 15.3 Å². The van der Waals surface area contributed by atoms with Crippen molar-refractivity contribution in [2.24, 2.45) is 0 Å². The molecule has 3 rings (SSSR count). The molecule has 6 heteroatoms. The van der Waals surface area contributed by atoms with Crippen LogP contribution in [0.3, 0.4) is 0 Å². The van der Waals surface area contributed by atoms with E-state index in [0.29, 0.717) is 16.0 Å². The average molecular weight is 293 g/mol. The minimum atomic E-state index is 0.381. The summed E-state index contributed by atoms with van der Waals surface area (Å²) >= 11 is 12.2.